The first-order chi connectivity index (χ1) is 11.8. The molecule has 0 aromatic heterocycles. The van der Waals surface area contributed by atoms with Crippen LogP contribution in [-0.4, -0.2) is 12.6 Å². The monoisotopic (exact) mass is 336 g/mol. The molecule has 140 valence electrons. The number of carbonyl (C=O) groups is 1. The minimum atomic E-state index is -0.0438. The average Bonchev–Trinajstić information content (AvgIpc) is 2.58. The molecule has 2 heteroatoms. The summed E-state index contributed by atoms with van der Waals surface area (Å²) in [4.78, 5) is 11.2. The van der Waals surface area contributed by atoms with Crippen LogP contribution in [0.4, 0.5) is 0 Å². The number of esters is 1. The molecule has 0 aliphatic rings. The number of carbonyl (C=O) groups excluding carboxylic acids is 1. The SMILES string of the molecule is CCCCCC/C=C\C/C=C\CCCCCCCCC(=O)OCC. The van der Waals surface area contributed by atoms with Crippen LogP contribution in [-0.2, 0) is 9.53 Å². The summed E-state index contributed by atoms with van der Waals surface area (Å²) >= 11 is 0. The third-order valence-electron chi connectivity index (χ3n) is 4.14. The van der Waals surface area contributed by atoms with Gasteiger partial charge in [-0.3, -0.25) is 4.79 Å². The molecular formula is C22H40O2. The van der Waals surface area contributed by atoms with Gasteiger partial charge in [0, 0.05) is 6.42 Å². The van der Waals surface area contributed by atoms with Gasteiger partial charge in [0.1, 0.15) is 0 Å². The Morgan fingerprint density at radius 1 is 0.708 bits per heavy atom. The molecule has 0 rings (SSSR count). The molecular weight excluding hydrogens is 296 g/mol. The zero-order chi connectivity index (χ0) is 17.7. The molecule has 0 aromatic rings. The van der Waals surface area contributed by atoms with Crippen LogP contribution >= 0.6 is 0 Å². The lowest BCUT2D eigenvalue weighted by molar-refractivity contribution is -0.143. The maximum Gasteiger partial charge on any atom is 0.305 e. The Hall–Kier alpha value is -1.05. The molecule has 0 saturated heterocycles. The van der Waals surface area contributed by atoms with Crippen LogP contribution in [0.2, 0.25) is 0 Å². The molecule has 0 saturated carbocycles. The number of hydrogen-bond acceptors (Lipinski definition) is 2. The van der Waals surface area contributed by atoms with Crippen LogP contribution in [0.15, 0.2) is 24.3 Å². The Kier molecular flexibility index (Phi) is 19.1. The largest absolute Gasteiger partial charge is 0.466 e. The normalized spacial score (nSPS) is 11.6. The van der Waals surface area contributed by atoms with Gasteiger partial charge in [-0.05, 0) is 45.4 Å². The Labute approximate surface area is 150 Å². The fourth-order valence-corrected chi connectivity index (χ4v) is 2.67. The quantitative estimate of drug-likeness (QED) is 0.160. The molecule has 2 nitrogen and oxygen atoms in total. The second-order valence-electron chi connectivity index (χ2n) is 6.49. The number of unbranched alkanes of at least 4 members (excludes halogenated alkanes) is 10. The van der Waals surface area contributed by atoms with Crippen molar-refractivity contribution in [2.24, 2.45) is 0 Å². The lowest BCUT2D eigenvalue weighted by Gasteiger charge is -2.02. The van der Waals surface area contributed by atoms with Crippen LogP contribution in [0, 0.1) is 0 Å². The van der Waals surface area contributed by atoms with E-state index in [1.54, 1.807) is 0 Å². The topological polar surface area (TPSA) is 26.3 Å². The van der Waals surface area contributed by atoms with E-state index in [2.05, 4.69) is 31.2 Å². The molecule has 0 heterocycles. The van der Waals surface area contributed by atoms with Gasteiger partial charge in [-0.15, -0.1) is 0 Å². The minimum Gasteiger partial charge on any atom is -0.466 e. The van der Waals surface area contributed by atoms with E-state index in [1.807, 2.05) is 6.92 Å². The molecule has 0 fully saturated rings. The van der Waals surface area contributed by atoms with Gasteiger partial charge in [0.2, 0.25) is 0 Å². The van der Waals surface area contributed by atoms with E-state index in [1.165, 1.54) is 64.2 Å². The van der Waals surface area contributed by atoms with Gasteiger partial charge in [0.15, 0.2) is 0 Å². The van der Waals surface area contributed by atoms with Crippen LogP contribution in [0.5, 0.6) is 0 Å². The first-order valence-electron chi connectivity index (χ1n) is 10.3. The predicted octanol–water partition coefficient (Wildman–Crippen LogP) is 7.14. The summed E-state index contributed by atoms with van der Waals surface area (Å²) in [5.74, 6) is -0.0438. The van der Waals surface area contributed by atoms with Crippen molar-refractivity contribution >= 4 is 5.97 Å². The van der Waals surface area contributed by atoms with Gasteiger partial charge in [-0.1, -0.05) is 76.2 Å². The number of rotatable bonds is 17. The maximum absolute atomic E-state index is 11.2. The van der Waals surface area contributed by atoms with Crippen molar-refractivity contribution in [2.45, 2.75) is 104 Å². The molecule has 0 N–H and O–H groups in total. The molecule has 0 spiro atoms. The molecule has 0 radical (unpaired) electrons. The third-order valence-corrected chi connectivity index (χ3v) is 4.14. The van der Waals surface area contributed by atoms with Gasteiger partial charge < -0.3 is 4.74 Å². The Balaban J connectivity index is 3.21. The van der Waals surface area contributed by atoms with E-state index >= 15 is 0 Å². The zero-order valence-corrected chi connectivity index (χ0v) is 16.2. The number of ether oxygens (including phenoxy) is 1. The van der Waals surface area contributed by atoms with Gasteiger partial charge >= 0.3 is 5.97 Å². The Bertz CT molecular complexity index is 318. The van der Waals surface area contributed by atoms with Gasteiger partial charge in [-0.25, -0.2) is 0 Å². The molecule has 0 aliphatic heterocycles. The summed E-state index contributed by atoms with van der Waals surface area (Å²) in [5.41, 5.74) is 0. The summed E-state index contributed by atoms with van der Waals surface area (Å²) in [7, 11) is 0. The lowest BCUT2D eigenvalue weighted by Crippen LogP contribution is -2.03. The van der Waals surface area contributed by atoms with Gasteiger partial charge in [0.25, 0.3) is 0 Å². The lowest BCUT2D eigenvalue weighted by atomic mass is 10.1. The molecule has 0 atom stereocenters. The molecule has 0 amide bonds. The van der Waals surface area contributed by atoms with Crippen LogP contribution in [0.3, 0.4) is 0 Å². The molecule has 0 bridgehead atoms. The summed E-state index contributed by atoms with van der Waals surface area (Å²) in [6, 6.07) is 0. The first-order valence-corrected chi connectivity index (χ1v) is 10.3. The summed E-state index contributed by atoms with van der Waals surface area (Å²) in [5, 5.41) is 0. The fourth-order valence-electron chi connectivity index (χ4n) is 2.67. The molecule has 0 unspecified atom stereocenters. The highest BCUT2D eigenvalue weighted by Gasteiger charge is 2.00. The minimum absolute atomic E-state index is 0.0438. The van der Waals surface area contributed by atoms with Crippen LogP contribution < -0.4 is 0 Å². The summed E-state index contributed by atoms with van der Waals surface area (Å²) in [6.45, 7) is 4.62. The van der Waals surface area contributed by atoms with Crippen molar-refractivity contribution in [3.8, 4) is 0 Å². The molecule has 0 aliphatic carbocycles. The molecule has 0 aromatic carbocycles. The zero-order valence-electron chi connectivity index (χ0n) is 16.2. The van der Waals surface area contributed by atoms with Gasteiger partial charge in [0.05, 0.1) is 6.61 Å². The van der Waals surface area contributed by atoms with Crippen molar-refractivity contribution < 1.29 is 9.53 Å². The van der Waals surface area contributed by atoms with E-state index in [-0.39, 0.29) is 5.97 Å². The van der Waals surface area contributed by atoms with Crippen molar-refractivity contribution in [1.29, 1.82) is 0 Å². The number of hydrogen-bond donors (Lipinski definition) is 0. The van der Waals surface area contributed by atoms with E-state index in [4.69, 9.17) is 4.74 Å². The van der Waals surface area contributed by atoms with E-state index in [0.717, 1.165) is 19.3 Å². The second-order valence-corrected chi connectivity index (χ2v) is 6.49. The smallest absolute Gasteiger partial charge is 0.305 e. The van der Waals surface area contributed by atoms with E-state index in [9.17, 15) is 4.79 Å². The third kappa shape index (κ3) is 19.0. The average molecular weight is 337 g/mol. The highest BCUT2D eigenvalue weighted by atomic mass is 16.5. The maximum atomic E-state index is 11.2. The first kappa shape index (κ1) is 22.9. The van der Waals surface area contributed by atoms with Crippen LogP contribution in [0.25, 0.3) is 0 Å². The summed E-state index contributed by atoms with van der Waals surface area (Å²) in [6.07, 6.45) is 26.0. The molecule has 24 heavy (non-hydrogen) atoms. The van der Waals surface area contributed by atoms with E-state index in [0.29, 0.717) is 13.0 Å². The second kappa shape index (κ2) is 20.0. The predicted molar refractivity (Wildman–Crippen MR) is 105 cm³/mol. The van der Waals surface area contributed by atoms with Crippen molar-refractivity contribution in [2.75, 3.05) is 6.61 Å². The highest BCUT2D eigenvalue weighted by Crippen LogP contribution is 2.09. The standard InChI is InChI=1S/C22H40O2/c1-3-5-6-7-8-9-10-11-12-13-14-15-16-17-18-19-20-21-22(23)24-4-2/h9-10,12-13H,3-8,11,14-21H2,1-2H3/b10-9-,13-12-. The Morgan fingerprint density at radius 2 is 1.25 bits per heavy atom. The number of allylic oxidation sites excluding steroid dienone is 4. The van der Waals surface area contributed by atoms with E-state index < -0.39 is 0 Å². The van der Waals surface area contributed by atoms with Crippen LogP contribution in [0.1, 0.15) is 104 Å². The van der Waals surface area contributed by atoms with Crippen molar-refractivity contribution in [1.82, 2.24) is 0 Å². The van der Waals surface area contributed by atoms with Gasteiger partial charge in [-0.2, -0.15) is 0 Å². The summed E-state index contributed by atoms with van der Waals surface area (Å²) < 4.78 is 4.92. The Morgan fingerprint density at radius 3 is 1.83 bits per heavy atom. The highest BCUT2D eigenvalue weighted by molar-refractivity contribution is 5.69. The fraction of sp³-hybridized carbons (Fsp3) is 0.773. The van der Waals surface area contributed by atoms with Crippen molar-refractivity contribution in [3.63, 3.8) is 0 Å². The van der Waals surface area contributed by atoms with Crippen molar-refractivity contribution in [3.05, 3.63) is 24.3 Å².